The maximum absolute atomic E-state index is 3.68. The standard InChI is InChI=1S/C10H23N3/c1-10(2,8-11-3)12-9-5-6-13(4)7-9/h9,11-12H,5-8H2,1-4H3. The summed E-state index contributed by atoms with van der Waals surface area (Å²) < 4.78 is 0. The summed E-state index contributed by atoms with van der Waals surface area (Å²) in [5, 5.41) is 6.90. The number of rotatable bonds is 4. The second-order valence-electron chi connectivity index (χ2n) is 4.81. The van der Waals surface area contributed by atoms with Crippen molar-refractivity contribution in [3.8, 4) is 0 Å². The van der Waals surface area contributed by atoms with E-state index in [1.165, 1.54) is 19.5 Å². The molecule has 1 aliphatic heterocycles. The highest BCUT2D eigenvalue weighted by Crippen LogP contribution is 2.10. The summed E-state index contributed by atoms with van der Waals surface area (Å²) in [7, 11) is 4.19. The Morgan fingerprint density at radius 2 is 2.15 bits per heavy atom. The first-order valence-corrected chi connectivity index (χ1v) is 5.14. The maximum atomic E-state index is 3.68. The topological polar surface area (TPSA) is 27.3 Å². The predicted octanol–water partition coefficient (Wildman–Crippen LogP) is 0.278. The van der Waals surface area contributed by atoms with E-state index < -0.39 is 0 Å². The van der Waals surface area contributed by atoms with Crippen LogP contribution in [0.3, 0.4) is 0 Å². The monoisotopic (exact) mass is 185 g/mol. The lowest BCUT2D eigenvalue weighted by Gasteiger charge is -2.29. The van der Waals surface area contributed by atoms with Crippen LogP contribution < -0.4 is 10.6 Å². The van der Waals surface area contributed by atoms with Gasteiger partial charge in [-0.1, -0.05) is 0 Å². The molecule has 1 unspecified atom stereocenters. The maximum Gasteiger partial charge on any atom is 0.0252 e. The fourth-order valence-corrected chi connectivity index (χ4v) is 2.10. The van der Waals surface area contributed by atoms with E-state index >= 15 is 0 Å². The van der Waals surface area contributed by atoms with Crippen LogP contribution in [0.5, 0.6) is 0 Å². The SMILES string of the molecule is CNCC(C)(C)NC1CCN(C)C1. The normalized spacial score (nSPS) is 25.4. The van der Waals surface area contributed by atoms with E-state index in [1.54, 1.807) is 0 Å². The van der Waals surface area contributed by atoms with Gasteiger partial charge in [-0.05, 0) is 40.9 Å². The Hall–Kier alpha value is -0.120. The van der Waals surface area contributed by atoms with Crippen molar-refractivity contribution in [2.75, 3.05) is 33.7 Å². The Kier molecular flexibility index (Phi) is 3.71. The molecule has 3 heteroatoms. The third kappa shape index (κ3) is 3.63. The summed E-state index contributed by atoms with van der Waals surface area (Å²) in [6, 6.07) is 0.674. The fraction of sp³-hybridized carbons (Fsp3) is 1.00. The first-order valence-electron chi connectivity index (χ1n) is 5.14. The van der Waals surface area contributed by atoms with E-state index in [2.05, 4.69) is 36.4 Å². The molecule has 1 heterocycles. The van der Waals surface area contributed by atoms with Gasteiger partial charge in [0.05, 0.1) is 0 Å². The molecule has 1 saturated heterocycles. The number of nitrogens with one attached hydrogen (secondary N) is 2. The van der Waals surface area contributed by atoms with Crippen LogP contribution in [0.1, 0.15) is 20.3 Å². The van der Waals surface area contributed by atoms with Crippen LogP contribution >= 0.6 is 0 Å². The highest BCUT2D eigenvalue weighted by Gasteiger charge is 2.25. The lowest BCUT2D eigenvalue weighted by atomic mass is 10.0. The average Bonchev–Trinajstić information content (AvgIpc) is 2.34. The highest BCUT2D eigenvalue weighted by molar-refractivity contribution is 4.88. The Morgan fingerprint density at radius 3 is 2.62 bits per heavy atom. The summed E-state index contributed by atoms with van der Waals surface area (Å²) in [5.74, 6) is 0. The number of likely N-dealkylation sites (N-methyl/N-ethyl adjacent to an activating group) is 2. The molecule has 0 aromatic carbocycles. The van der Waals surface area contributed by atoms with Gasteiger partial charge in [0.2, 0.25) is 0 Å². The summed E-state index contributed by atoms with van der Waals surface area (Å²) in [4.78, 5) is 2.38. The molecule has 1 aliphatic rings. The minimum atomic E-state index is 0.213. The Balaban J connectivity index is 2.30. The number of likely N-dealkylation sites (tertiary alicyclic amines) is 1. The molecule has 1 rings (SSSR count). The van der Waals surface area contributed by atoms with Crippen molar-refractivity contribution in [1.29, 1.82) is 0 Å². The van der Waals surface area contributed by atoms with E-state index in [4.69, 9.17) is 0 Å². The highest BCUT2D eigenvalue weighted by atomic mass is 15.2. The van der Waals surface area contributed by atoms with Gasteiger partial charge in [0, 0.05) is 24.7 Å². The van der Waals surface area contributed by atoms with Gasteiger partial charge in [0.15, 0.2) is 0 Å². The first-order chi connectivity index (χ1) is 6.03. The first kappa shape index (κ1) is 11.0. The predicted molar refractivity (Wildman–Crippen MR) is 57.0 cm³/mol. The molecule has 1 fully saturated rings. The molecule has 0 amide bonds. The largest absolute Gasteiger partial charge is 0.318 e. The Bertz CT molecular complexity index is 156. The molecule has 3 nitrogen and oxygen atoms in total. The number of hydrogen-bond donors (Lipinski definition) is 2. The minimum Gasteiger partial charge on any atom is -0.318 e. The van der Waals surface area contributed by atoms with Crippen LogP contribution in [0.2, 0.25) is 0 Å². The summed E-state index contributed by atoms with van der Waals surface area (Å²) in [6.07, 6.45) is 1.28. The lowest BCUT2D eigenvalue weighted by Crippen LogP contribution is -2.52. The van der Waals surface area contributed by atoms with E-state index in [0.717, 1.165) is 6.54 Å². The Morgan fingerprint density at radius 1 is 1.46 bits per heavy atom. The van der Waals surface area contributed by atoms with Crippen molar-refractivity contribution in [3.63, 3.8) is 0 Å². The third-order valence-electron chi connectivity index (χ3n) is 2.60. The van der Waals surface area contributed by atoms with E-state index in [1.807, 2.05) is 7.05 Å². The smallest absolute Gasteiger partial charge is 0.0252 e. The zero-order valence-electron chi connectivity index (χ0n) is 9.35. The fourth-order valence-electron chi connectivity index (χ4n) is 2.10. The molecule has 0 spiro atoms. The molecule has 0 bridgehead atoms. The zero-order chi connectivity index (χ0) is 9.90. The zero-order valence-corrected chi connectivity index (χ0v) is 9.35. The second-order valence-corrected chi connectivity index (χ2v) is 4.81. The molecule has 0 aromatic rings. The van der Waals surface area contributed by atoms with Gasteiger partial charge < -0.3 is 15.5 Å². The number of nitrogens with zero attached hydrogens (tertiary/aromatic N) is 1. The Labute approximate surface area is 81.9 Å². The molecule has 78 valence electrons. The molecular formula is C10H23N3. The molecule has 0 saturated carbocycles. The molecule has 0 aliphatic carbocycles. The van der Waals surface area contributed by atoms with Gasteiger partial charge in [-0.2, -0.15) is 0 Å². The van der Waals surface area contributed by atoms with Gasteiger partial charge in [0.25, 0.3) is 0 Å². The molecule has 0 radical (unpaired) electrons. The van der Waals surface area contributed by atoms with Gasteiger partial charge >= 0.3 is 0 Å². The summed E-state index contributed by atoms with van der Waals surface area (Å²) >= 11 is 0. The average molecular weight is 185 g/mol. The van der Waals surface area contributed by atoms with Crippen molar-refractivity contribution >= 4 is 0 Å². The van der Waals surface area contributed by atoms with Crippen molar-refractivity contribution in [3.05, 3.63) is 0 Å². The third-order valence-corrected chi connectivity index (χ3v) is 2.60. The van der Waals surface area contributed by atoms with Crippen molar-refractivity contribution in [2.24, 2.45) is 0 Å². The van der Waals surface area contributed by atoms with Crippen LogP contribution in [-0.2, 0) is 0 Å². The van der Waals surface area contributed by atoms with Crippen molar-refractivity contribution in [1.82, 2.24) is 15.5 Å². The van der Waals surface area contributed by atoms with E-state index in [9.17, 15) is 0 Å². The molecule has 13 heavy (non-hydrogen) atoms. The van der Waals surface area contributed by atoms with Crippen LogP contribution in [0, 0.1) is 0 Å². The van der Waals surface area contributed by atoms with Gasteiger partial charge in [0.1, 0.15) is 0 Å². The quantitative estimate of drug-likeness (QED) is 0.659. The van der Waals surface area contributed by atoms with E-state index in [-0.39, 0.29) is 5.54 Å². The second kappa shape index (κ2) is 4.40. The summed E-state index contributed by atoms with van der Waals surface area (Å²) in [5.41, 5.74) is 0.213. The van der Waals surface area contributed by atoms with Gasteiger partial charge in [-0.25, -0.2) is 0 Å². The van der Waals surface area contributed by atoms with Gasteiger partial charge in [-0.15, -0.1) is 0 Å². The van der Waals surface area contributed by atoms with Gasteiger partial charge in [-0.3, -0.25) is 0 Å². The van der Waals surface area contributed by atoms with Crippen molar-refractivity contribution in [2.45, 2.75) is 31.8 Å². The van der Waals surface area contributed by atoms with Crippen LogP contribution in [0.15, 0.2) is 0 Å². The molecule has 1 atom stereocenters. The van der Waals surface area contributed by atoms with Crippen LogP contribution in [0.4, 0.5) is 0 Å². The van der Waals surface area contributed by atoms with Crippen LogP contribution in [-0.4, -0.2) is 50.2 Å². The van der Waals surface area contributed by atoms with Crippen LogP contribution in [0.25, 0.3) is 0 Å². The molecule has 0 aromatic heterocycles. The van der Waals surface area contributed by atoms with E-state index in [0.29, 0.717) is 6.04 Å². The lowest BCUT2D eigenvalue weighted by molar-refractivity contribution is 0.317. The number of hydrogen-bond acceptors (Lipinski definition) is 3. The summed E-state index contributed by atoms with van der Waals surface area (Å²) in [6.45, 7) is 7.94. The minimum absolute atomic E-state index is 0.213. The van der Waals surface area contributed by atoms with Crippen molar-refractivity contribution < 1.29 is 0 Å². The molecule has 2 N–H and O–H groups in total. The molecular weight excluding hydrogens is 162 g/mol.